The zero-order valence-electron chi connectivity index (χ0n) is 17.5. The van der Waals surface area contributed by atoms with Crippen LogP contribution >= 0.6 is 0 Å². The van der Waals surface area contributed by atoms with E-state index in [1.54, 1.807) is 20.3 Å². The summed E-state index contributed by atoms with van der Waals surface area (Å²) in [6.45, 7) is 0.341. The second-order valence-electron chi connectivity index (χ2n) is 6.93. The number of carbonyl (C=O) groups is 1. The van der Waals surface area contributed by atoms with E-state index in [2.05, 4.69) is 5.32 Å². The number of aromatic nitrogens is 2. The molecule has 0 unspecified atom stereocenters. The summed E-state index contributed by atoms with van der Waals surface area (Å²) in [6.07, 6.45) is 2.01. The number of hydrogen-bond donors (Lipinski definition) is 1. The molecular formula is C23H25N3O5. The highest BCUT2D eigenvalue weighted by Gasteiger charge is 2.11. The van der Waals surface area contributed by atoms with Gasteiger partial charge in [-0.2, -0.15) is 0 Å². The van der Waals surface area contributed by atoms with Crippen LogP contribution in [0, 0.1) is 0 Å². The third-order valence-corrected chi connectivity index (χ3v) is 4.82. The first-order chi connectivity index (χ1) is 15.0. The highest BCUT2D eigenvalue weighted by molar-refractivity contribution is 5.75. The maximum atomic E-state index is 12.7. The number of nitrogens with one attached hydrogen (secondary N) is 1. The van der Waals surface area contributed by atoms with E-state index in [0.29, 0.717) is 31.0 Å². The summed E-state index contributed by atoms with van der Waals surface area (Å²) in [5.41, 5.74) is 0.852. The van der Waals surface area contributed by atoms with Gasteiger partial charge in [-0.3, -0.25) is 18.7 Å². The van der Waals surface area contributed by atoms with Crippen molar-refractivity contribution in [2.24, 2.45) is 0 Å². The van der Waals surface area contributed by atoms with E-state index in [1.807, 2.05) is 42.5 Å². The lowest BCUT2D eigenvalue weighted by Gasteiger charge is -2.11. The van der Waals surface area contributed by atoms with E-state index in [9.17, 15) is 14.4 Å². The van der Waals surface area contributed by atoms with Gasteiger partial charge in [-0.15, -0.1) is 0 Å². The van der Waals surface area contributed by atoms with Crippen LogP contribution in [-0.2, 0) is 24.3 Å². The number of carbonyl (C=O) groups excluding carboxylic acids is 1. The molecule has 0 bridgehead atoms. The fraction of sp³-hybridized carbons (Fsp3) is 0.261. The maximum absolute atomic E-state index is 12.7. The third-order valence-electron chi connectivity index (χ3n) is 4.82. The van der Waals surface area contributed by atoms with Crippen molar-refractivity contribution < 1.29 is 14.3 Å². The van der Waals surface area contributed by atoms with Gasteiger partial charge in [0.2, 0.25) is 5.91 Å². The number of nitrogens with zero attached hydrogens (tertiary/aromatic N) is 2. The molecule has 0 aliphatic rings. The molecule has 0 aliphatic heterocycles. The van der Waals surface area contributed by atoms with Crippen molar-refractivity contribution in [2.45, 2.75) is 19.5 Å². The Morgan fingerprint density at radius 2 is 1.68 bits per heavy atom. The Morgan fingerprint density at radius 3 is 2.39 bits per heavy atom. The maximum Gasteiger partial charge on any atom is 0.331 e. The van der Waals surface area contributed by atoms with Crippen LogP contribution in [-0.4, -0.2) is 35.8 Å². The van der Waals surface area contributed by atoms with Crippen LogP contribution in [0.1, 0.15) is 11.1 Å². The monoisotopic (exact) mass is 423 g/mol. The Kier molecular flexibility index (Phi) is 7.26. The van der Waals surface area contributed by atoms with Crippen LogP contribution in [0.25, 0.3) is 0 Å². The molecule has 0 saturated heterocycles. The molecule has 8 nitrogen and oxygen atoms in total. The first kappa shape index (κ1) is 21.9. The summed E-state index contributed by atoms with van der Waals surface area (Å²) in [5, 5.41) is 2.75. The van der Waals surface area contributed by atoms with Gasteiger partial charge in [0.15, 0.2) is 11.5 Å². The molecule has 0 saturated carbocycles. The van der Waals surface area contributed by atoms with Crippen molar-refractivity contribution in [1.29, 1.82) is 0 Å². The first-order valence-electron chi connectivity index (χ1n) is 9.83. The molecule has 1 amide bonds. The van der Waals surface area contributed by atoms with Crippen molar-refractivity contribution in [3.63, 3.8) is 0 Å². The molecule has 2 aromatic carbocycles. The van der Waals surface area contributed by atoms with Gasteiger partial charge in [-0.1, -0.05) is 36.4 Å². The van der Waals surface area contributed by atoms with Gasteiger partial charge in [0.25, 0.3) is 5.56 Å². The minimum atomic E-state index is -0.522. The zero-order chi connectivity index (χ0) is 22.2. The largest absolute Gasteiger partial charge is 0.493 e. The fourth-order valence-electron chi connectivity index (χ4n) is 3.18. The zero-order valence-corrected chi connectivity index (χ0v) is 17.5. The van der Waals surface area contributed by atoms with Crippen LogP contribution in [0.5, 0.6) is 11.5 Å². The summed E-state index contributed by atoms with van der Waals surface area (Å²) < 4.78 is 12.8. The van der Waals surface area contributed by atoms with Crippen molar-refractivity contribution in [1.82, 2.24) is 14.5 Å². The lowest BCUT2D eigenvalue weighted by molar-refractivity contribution is -0.121. The molecular weight excluding hydrogens is 398 g/mol. The predicted molar refractivity (Wildman–Crippen MR) is 117 cm³/mol. The summed E-state index contributed by atoms with van der Waals surface area (Å²) in [7, 11) is 3.13. The second kappa shape index (κ2) is 10.3. The molecule has 1 heterocycles. The number of ether oxygens (including phenoxy) is 2. The van der Waals surface area contributed by atoms with Gasteiger partial charge in [0, 0.05) is 18.8 Å². The molecule has 0 fully saturated rings. The van der Waals surface area contributed by atoms with Crippen molar-refractivity contribution in [2.75, 3.05) is 20.8 Å². The molecule has 0 aliphatic carbocycles. The molecule has 1 N–H and O–H groups in total. The molecule has 3 rings (SSSR count). The number of amides is 1. The Morgan fingerprint density at radius 1 is 0.935 bits per heavy atom. The van der Waals surface area contributed by atoms with Gasteiger partial charge in [-0.25, -0.2) is 4.79 Å². The van der Waals surface area contributed by atoms with E-state index in [0.717, 1.165) is 15.7 Å². The van der Waals surface area contributed by atoms with Crippen LogP contribution in [0.15, 0.2) is 70.4 Å². The summed E-state index contributed by atoms with van der Waals surface area (Å²) in [5.74, 6) is 0.837. The molecule has 1 aromatic heterocycles. The Balaban J connectivity index is 1.62. The number of hydrogen-bond acceptors (Lipinski definition) is 5. The van der Waals surface area contributed by atoms with Crippen molar-refractivity contribution >= 4 is 5.91 Å². The van der Waals surface area contributed by atoms with Crippen LogP contribution in [0.4, 0.5) is 0 Å². The van der Waals surface area contributed by atoms with E-state index >= 15 is 0 Å². The summed E-state index contributed by atoms with van der Waals surface area (Å²) in [4.78, 5) is 37.2. The smallest absolute Gasteiger partial charge is 0.331 e. The average molecular weight is 423 g/mol. The fourth-order valence-corrected chi connectivity index (χ4v) is 3.18. The van der Waals surface area contributed by atoms with Gasteiger partial charge in [-0.05, 0) is 29.7 Å². The quantitative estimate of drug-likeness (QED) is 0.562. The topological polar surface area (TPSA) is 91.6 Å². The van der Waals surface area contributed by atoms with E-state index < -0.39 is 17.2 Å². The molecule has 8 heteroatoms. The summed E-state index contributed by atoms with van der Waals surface area (Å²) >= 11 is 0. The molecule has 162 valence electrons. The van der Waals surface area contributed by atoms with Crippen LogP contribution < -0.4 is 26.0 Å². The standard InChI is InChI=1S/C23H25N3O5/c1-30-19-9-8-17(14-20(19)31-2)10-12-24-21(27)16-26-22(28)11-13-25(23(26)29)15-18-6-4-3-5-7-18/h3-9,11,13-14H,10,12,15-16H2,1-2H3,(H,24,27). The molecule has 3 aromatic rings. The Labute approximate surface area is 179 Å². The van der Waals surface area contributed by atoms with Crippen LogP contribution in [0.3, 0.4) is 0 Å². The predicted octanol–water partition coefficient (Wildman–Crippen LogP) is 1.43. The van der Waals surface area contributed by atoms with E-state index in [4.69, 9.17) is 9.47 Å². The Bertz CT molecular complexity index is 1150. The normalized spacial score (nSPS) is 10.5. The molecule has 0 atom stereocenters. The van der Waals surface area contributed by atoms with Gasteiger partial charge >= 0.3 is 5.69 Å². The number of methoxy groups -OCH3 is 2. The Hall–Kier alpha value is -3.81. The molecule has 0 radical (unpaired) electrons. The van der Waals surface area contributed by atoms with Crippen molar-refractivity contribution in [3.8, 4) is 11.5 Å². The third kappa shape index (κ3) is 5.63. The average Bonchev–Trinajstić information content (AvgIpc) is 2.79. The molecule has 0 spiro atoms. The van der Waals surface area contributed by atoms with Crippen LogP contribution in [0.2, 0.25) is 0 Å². The van der Waals surface area contributed by atoms with Gasteiger partial charge in [0.1, 0.15) is 6.54 Å². The SMILES string of the molecule is COc1ccc(CCNC(=O)Cn2c(=O)ccn(Cc3ccccc3)c2=O)cc1OC. The highest BCUT2D eigenvalue weighted by Crippen LogP contribution is 2.27. The first-order valence-corrected chi connectivity index (χ1v) is 9.83. The van der Waals surface area contributed by atoms with Gasteiger partial charge in [0.05, 0.1) is 20.8 Å². The van der Waals surface area contributed by atoms with E-state index in [1.165, 1.54) is 16.8 Å². The number of rotatable bonds is 9. The summed E-state index contributed by atoms with van der Waals surface area (Å²) in [6, 6.07) is 16.2. The lowest BCUT2D eigenvalue weighted by atomic mass is 10.1. The number of benzene rings is 2. The van der Waals surface area contributed by atoms with Gasteiger partial charge < -0.3 is 14.8 Å². The highest BCUT2D eigenvalue weighted by atomic mass is 16.5. The minimum Gasteiger partial charge on any atom is -0.493 e. The minimum absolute atomic E-state index is 0.320. The van der Waals surface area contributed by atoms with E-state index in [-0.39, 0.29) is 6.54 Å². The second-order valence-corrected chi connectivity index (χ2v) is 6.93. The lowest BCUT2D eigenvalue weighted by Crippen LogP contribution is -2.43. The van der Waals surface area contributed by atoms with Crippen molar-refractivity contribution in [3.05, 3.63) is 92.8 Å². The molecule has 31 heavy (non-hydrogen) atoms.